The molecule has 0 bridgehead atoms. The summed E-state index contributed by atoms with van der Waals surface area (Å²) in [5.74, 6) is 0.571. The smallest absolute Gasteiger partial charge is 0.201 e. The molecule has 0 spiro atoms. The van der Waals surface area contributed by atoms with Gasteiger partial charge in [0.25, 0.3) is 0 Å². The van der Waals surface area contributed by atoms with Crippen molar-refractivity contribution in [1.29, 1.82) is 0 Å². The molecule has 3 aromatic rings. The van der Waals surface area contributed by atoms with Crippen molar-refractivity contribution < 1.29 is 9.84 Å². The number of hydrogen-bond donors (Lipinski definition) is 1. The van der Waals surface area contributed by atoms with Crippen LogP contribution in [-0.4, -0.2) is 16.8 Å². The molecule has 0 radical (unpaired) electrons. The van der Waals surface area contributed by atoms with Gasteiger partial charge >= 0.3 is 0 Å². The second kappa shape index (κ2) is 4.56. The molecule has 0 aliphatic carbocycles. The van der Waals surface area contributed by atoms with Crippen LogP contribution in [0.25, 0.3) is 21.8 Å². The van der Waals surface area contributed by atoms with Gasteiger partial charge in [-0.2, -0.15) is 0 Å². The third-order valence-corrected chi connectivity index (χ3v) is 3.59. The zero-order valence-electron chi connectivity index (χ0n) is 11.4. The van der Waals surface area contributed by atoms with Crippen molar-refractivity contribution in [2.24, 2.45) is 0 Å². The van der Waals surface area contributed by atoms with Gasteiger partial charge in [-0.15, -0.1) is 0 Å². The van der Waals surface area contributed by atoms with Gasteiger partial charge in [-0.1, -0.05) is 12.1 Å². The number of para-hydroxylation sites is 1. The van der Waals surface area contributed by atoms with E-state index < -0.39 is 0 Å². The summed E-state index contributed by atoms with van der Waals surface area (Å²) in [5.41, 5.74) is 1.31. The summed E-state index contributed by atoms with van der Waals surface area (Å²) < 4.78 is 7.35. The van der Waals surface area contributed by atoms with E-state index in [1.54, 1.807) is 19.2 Å². The fraction of sp³-hybridized carbons (Fsp3) is 0.188. The second-order valence-corrected chi connectivity index (χ2v) is 4.60. The van der Waals surface area contributed by atoms with Gasteiger partial charge in [0.05, 0.1) is 23.5 Å². The lowest BCUT2D eigenvalue weighted by Crippen LogP contribution is -2.11. The normalized spacial score (nSPS) is 11.1. The molecule has 0 unspecified atom stereocenters. The van der Waals surface area contributed by atoms with Crippen molar-refractivity contribution in [2.75, 3.05) is 7.11 Å². The molecular formula is C16H15NO3. The van der Waals surface area contributed by atoms with Gasteiger partial charge in [0.15, 0.2) is 0 Å². The minimum absolute atomic E-state index is 0.0150. The fourth-order valence-electron chi connectivity index (χ4n) is 2.70. The Balaban J connectivity index is 2.71. The average molecular weight is 269 g/mol. The Bertz CT molecular complexity index is 865. The number of methoxy groups -OCH3 is 1. The summed E-state index contributed by atoms with van der Waals surface area (Å²) in [6.07, 6.45) is 0. The van der Waals surface area contributed by atoms with Crippen molar-refractivity contribution >= 4 is 21.8 Å². The van der Waals surface area contributed by atoms with Gasteiger partial charge in [-0.05, 0) is 31.2 Å². The summed E-state index contributed by atoms with van der Waals surface area (Å²) >= 11 is 0. The first-order valence-corrected chi connectivity index (χ1v) is 6.50. The standard InChI is InChI=1S/C16H15NO3/c1-3-17-11-7-5-4-6-10(11)16(19)14-12(18)8-9-13(20-2)15(14)17/h4-9,18H,3H2,1-2H3. The zero-order valence-corrected chi connectivity index (χ0v) is 11.4. The molecule has 4 nitrogen and oxygen atoms in total. The first-order valence-electron chi connectivity index (χ1n) is 6.50. The van der Waals surface area contributed by atoms with Crippen LogP contribution in [0.2, 0.25) is 0 Å². The number of benzene rings is 2. The molecule has 1 N–H and O–H groups in total. The number of phenolic OH excluding ortho intramolecular Hbond substituents is 1. The Morgan fingerprint density at radius 1 is 1.20 bits per heavy atom. The van der Waals surface area contributed by atoms with Crippen LogP contribution in [0.5, 0.6) is 11.5 Å². The average Bonchev–Trinajstić information content (AvgIpc) is 2.48. The first-order chi connectivity index (χ1) is 9.69. The van der Waals surface area contributed by atoms with Gasteiger partial charge in [-0.25, -0.2) is 0 Å². The number of rotatable bonds is 2. The van der Waals surface area contributed by atoms with Crippen LogP contribution in [0.15, 0.2) is 41.2 Å². The molecule has 3 rings (SSSR count). The maximum Gasteiger partial charge on any atom is 0.201 e. The summed E-state index contributed by atoms with van der Waals surface area (Å²) in [5, 5.41) is 11.0. The first kappa shape index (κ1) is 12.5. The van der Waals surface area contributed by atoms with Crippen molar-refractivity contribution in [3.8, 4) is 11.5 Å². The summed E-state index contributed by atoms with van der Waals surface area (Å²) in [4.78, 5) is 12.6. The third-order valence-electron chi connectivity index (χ3n) is 3.59. The number of ether oxygens (including phenoxy) is 1. The van der Waals surface area contributed by atoms with Gasteiger partial charge < -0.3 is 14.4 Å². The number of nitrogens with zero attached hydrogens (tertiary/aromatic N) is 1. The Morgan fingerprint density at radius 2 is 1.95 bits per heavy atom. The Hall–Kier alpha value is -2.49. The Labute approximate surface area is 115 Å². The molecule has 0 fully saturated rings. The fourth-order valence-corrected chi connectivity index (χ4v) is 2.70. The molecule has 0 aliphatic rings. The molecule has 0 atom stereocenters. The second-order valence-electron chi connectivity index (χ2n) is 4.60. The van der Waals surface area contributed by atoms with Crippen LogP contribution in [0.3, 0.4) is 0 Å². The van der Waals surface area contributed by atoms with Crippen molar-refractivity contribution in [2.45, 2.75) is 13.5 Å². The number of fused-ring (bicyclic) bond motifs is 2. The molecule has 0 saturated heterocycles. The van der Waals surface area contributed by atoms with Crippen LogP contribution in [0.4, 0.5) is 0 Å². The van der Waals surface area contributed by atoms with E-state index in [0.717, 1.165) is 5.52 Å². The minimum atomic E-state index is -0.170. The summed E-state index contributed by atoms with van der Waals surface area (Å²) in [6, 6.07) is 10.6. The quantitative estimate of drug-likeness (QED) is 0.728. The lowest BCUT2D eigenvalue weighted by molar-refractivity contribution is 0.415. The molecule has 4 heteroatoms. The molecule has 0 amide bonds. The predicted molar refractivity (Wildman–Crippen MR) is 79.6 cm³/mol. The molecule has 0 aliphatic heterocycles. The molecule has 20 heavy (non-hydrogen) atoms. The number of aryl methyl sites for hydroxylation is 1. The van der Waals surface area contributed by atoms with Crippen LogP contribution in [0.1, 0.15) is 6.92 Å². The van der Waals surface area contributed by atoms with E-state index in [2.05, 4.69) is 0 Å². The summed E-state index contributed by atoms with van der Waals surface area (Å²) in [7, 11) is 1.56. The van der Waals surface area contributed by atoms with E-state index in [4.69, 9.17) is 4.74 Å². The SMILES string of the molecule is CCn1c2ccccc2c(=O)c2c(O)ccc(OC)c21. The predicted octanol–water partition coefficient (Wildman–Crippen LogP) is 2.89. The highest BCUT2D eigenvalue weighted by molar-refractivity contribution is 5.99. The molecule has 102 valence electrons. The number of pyridine rings is 1. The maximum absolute atomic E-state index is 12.6. The van der Waals surface area contributed by atoms with E-state index in [1.165, 1.54) is 6.07 Å². The largest absolute Gasteiger partial charge is 0.507 e. The maximum atomic E-state index is 12.6. The lowest BCUT2D eigenvalue weighted by Gasteiger charge is -2.16. The van der Waals surface area contributed by atoms with Crippen LogP contribution >= 0.6 is 0 Å². The Morgan fingerprint density at radius 3 is 2.65 bits per heavy atom. The van der Waals surface area contributed by atoms with E-state index >= 15 is 0 Å². The van der Waals surface area contributed by atoms with Crippen LogP contribution in [0, 0.1) is 0 Å². The van der Waals surface area contributed by atoms with Gasteiger partial charge in [-0.3, -0.25) is 4.79 Å². The topological polar surface area (TPSA) is 51.5 Å². The van der Waals surface area contributed by atoms with Gasteiger partial charge in [0.2, 0.25) is 5.43 Å². The van der Waals surface area contributed by atoms with E-state index in [1.807, 2.05) is 29.7 Å². The molecule has 0 saturated carbocycles. The highest BCUT2D eigenvalue weighted by atomic mass is 16.5. The van der Waals surface area contributed by atoms with Crippen LogP contribution in [-0.2, 0) is 6.54 Å². The molecule has 1 aromatic heterocycles. The number of phenols is 1. The van der Waals surface area contributed by atoms with E-state index in [-0.39, 0.29) is 11.2 Å². The van der Waals surface area contributed by atoms with Crippen molar-refractivity contribution in [3.63, 3.8) is 0 Å². The molecular weight excluding hydrogens is 254 g/mol. The Kier molecular flexibility index (Phi) is 2.86. The molecule has 1 heterocycles. The highest BCUT2D eigenvalue weighted by Crippen LogP contribution is 2.32. The van der Waals surface area contributed by atoms with E-state index in [9.17, 15) is 9.90 Å². The monoisotopic (exact) mass is 269 g/mol. The zero-order chi connectivity index (χ0) is 14.3. The third kappa shape index (κ3) is 1.58. The minimum Gasteiger partial charge on any atom is -0.507 e. The highest BCUT2D eigenvalue weighted by Gasteiger charge is 2.16. The van der Waals surface area contributed by atoms with Gasteiger partial charge in [0.1, 0.15) is 11.5 Å². The van der Waals surface area contributed by atoms with Gasteiger partial charge in [0, 0.05) is 11.9 Å². The number of aromatic hydroxyl groups is 1. The van der Waals surface area contributed by atoms with Crippen molar-refractivity contribution in [3.05, 3.63) is 46.6 Å². The van der Waals surface area contributed by atoms with Crippen molar-refractivity contribution in [1.82, 2.24) is 4.57 Å². The lowest BCUT2D eigenvalue weighted by atomic mass is 10.1. The van der Waals surface area contributed by atoms with Crippen LogP contribution < -0.4 is 10.2 Å². The number of hydrogen-bond acceptors (Lipinski definition) is 3. The molecule has 2 aromatic carbocycles. The van der Waals surface area contributed by atoms with E-state index in [0.29, 0.717) is 28.6 Å². The summed E-state index contributed by atoms with van der Waals surface area (Å²) in [6.45, 7) is 2.68. The number of aromatic nitrogens is 1.